The van der Waals surface area contributed by atoms with Crippen molar-refractivity contribution in [3.63, 3.8) is 0 Å². The summed E-state index contributed by atoms with van der Waals surface area (Å²) in [4.78, 5) is 11.4. The zero-order chi connectivity index (χ0) is 18.9. The highest BCUT2D eigenvalue weighted by molar-refractivity contribution is 8.00. The van der Waals surface area contributed by atoms with Crippen molar-refractivity contribution < 1.29 is 18.0 Å². The Labute approximate surface area is 150 Å². The molecule has 0 saturated heterocycles. The quantitative estimate of drug-likeness (QED) is 0.686. The minimum atomic E-state index is -4.41. The van der Waals surface area contributed by atoms with E-state index in [2.05, 4.69) is 15.3 Å². The van der Waals surface area contributed by atoms with Crippen molar-refractivity contribution in [2.75, 3.05) is 0 Å². The predicted octanol–water partition coefficient (Wildman–Crippen LogP) is 3.17. The number of aromatic nitrogens is 4. The van der Waals surface area contributed by atoms with Crippen LogP contribution in [0.4, 0.5) is 13.2 Å². The highest BCUT2D eigenvalue weighted by atomic mass is 32.2. The van der Waals surface area contributed by atoms with Crippen molar-refractivity contribution >= 4 is 23.3 Å². The summed E-state index contributed by atoms with van der Waals surface area (Å²) in [5.74, 6) is -0.130. The van der Waals surface area contributed by atoms with Gasteiger partial charge in [0, 0.05) is 5.56 Å². The summed E-state index contributed by atoms with van der Waals surface area (Å²) in [6.07, 6.45) is -3.86. The van der Waals surface area contributed by atoms with Gasteiger partial charge in [0.05, 0.1) is 10.8 Å². The van der Waals surface area contributed by atoms with Gasteiger partial charge in [0.25, 0.3) is 0 Å². The number of carbonyl (C=O) groups is 1. The molecule has 136 valence electrons. The Morgan fingerprint density at radius 1 is 1.19 bits per heavy atom. The lowest BCUT2D eigenvalue weighted by molar-refractivity contribution is -0.137. The third-order valence-corrected chi connectivity index (χ3v) is 4.97. The fourth-order valence-corrected chi connectivity index (χ4v) is 3.16. The number of thioether (sulfide) groups is 1. The Hall–Kier alpha value is -2.62. The molecule has 0 radical (unpaired) electrons. The number of halogens is 3. The van der Waals surface area contributed by atoms with Crippen LogP contribution in [-0.4, -0.2) is 31.0 Å². The molecule has 0 aliphatic heterocycles. The fourth-order valence-electron chi connectivity index (χ4n) is 2.31. The molecular formula is C16H14F3N5OS. The molecule has 2 N–H and O–H groups in total. The second-order valence-electron chi connectivity index (χ2n) is 5.46. The maximum atomic E-state index is 12.7. The monoisotopic (exact) mass is 381 g/mol. The molecule has 26 heavy (non-hydrogen) atoms. The number of fused-ring (bicyclic) bond motifs is 1. The fraction of sp³-hybridized carbons (Fsp3) is 0.250. The number of alkyl halides is 3. The van der Waals surface area contributed by atoms with E-state index in [9.17, 15) is 18.0 Å². The number of hydrogen-bond acceptors (Lipinski definition) is 5. The van der Waals surface area contributed by atoms with Crippen molar-refractivity contribution in [3.8, 4) is 11.4 Å². The van der Waals surface area contributed by atoms with Gasteiger partial charge in [0.1, 0.15) is 5.03 Å². The second-order valence-corrected chi connectivity index (χ2v) is 6.68. The molecule has 0 aliphatic carbocycles. The zero-order valence-electron chi connectivity index (χ0n) is 13.6. The lowest BCUT2D eigenvalue weighted by Gasteiger charge is -2.10. The van der Waals surface area contributed by atoms with Gasteiger partial charge in [-0.3, -0.25) is 4.79 Å². The summed E-state index contributed by atoms with van der Waals surface area (Å²) in [5, 5.41) is 12.5. The molecule has 0 aliphatic rings. The van der Waals surface area contributed by atoms with Crippen LogP contribution >= 0.6 is 11.8 Å². The molecule has 1 atom stereocenters. The van der Waals surface area contributed by atoms with Gasteiger partial charge in [0.2, 0.25) is 5.91 Å². The van der Waals surface area contributed by atoms with Crippen LogP contribution in [0.3, 0.4) is 0 Å². The molecule has 1 aromatic carbocycles. The minimum absolute atomic E-state index is 0.309. The van der Waals surface area contributed by atoms with Crippen molar-refractivity contribution in [1.29, 1.82) is 0 Å². The van der Waals surface area contributed by atoms with Gasteiger partial charge in [0.15, 0.2) is 11.5 Å². The lowest BCUT2D eigenvalue weighted by atomic mass is 10.1. The molecule has 3 aromatic rings. The van der Waals surface area contributed by atoms with E-state index in [1.54, 1.807) is 12.1 Å². The summed E-state index contributed by atoms with van der Waals surface area (Å²) in [6, 6.07) is 7.96. The van der Waals surface area contributed by atoms with Crippen molar-refractivity contribution in [1.82, 2.24) is 19.8 Å². The van der Waals surface area contributed by atoms with Gasteiger partial charge in [-0.1, -0.05) is 30.8 Å². The van der Waals surface area contributed by atoms with E-state index >= 15 is 0 Å². The molecule has 10 heteroatoms. The van der Waals surface area contributed by atoms with E-state index in [-0.39, 0.29) is 0 Å². The molecular weight excluding hydrogens is 367 g/mol. The highest BCUT2D eigenvalue weighted by Gasteiger charge is 2.30. The predicted molar refractivity (Wildman–Crippen MR) is 90.4 cm³/mol. The molecule has 3 rings (SSSR count). The van der Waals surface area contributed by atoms with Crippen LogP contribution in [-0.2, 0) is 11.0 Å². The number of hydrogen-bond donors (Lipinski definition) is 1. The van der Waals surface area contributed by atoms with E-state index in [4.69, 9.17) is 5.73 Å². The number of nitrogens with zero attached hydrogens (tertiary/aromatic N) is 4. The standard InChI is InChI=1S/C16H14F3N5OS/c1-2-11(14(20)25)26-13-8-7-12-21-22-15(24(12)23-13)9-3-5-10(6-4-9)16(17,18)19/h3-8,11H,2H2,1H3,(H2,20,25)/t11-/m1/s1. The Balaban J connectivity index is 1.97. The van der Waals surface area contributed by atoms with Gasteiger partial charge >= 0.3 is 6.18 Å². The second kappa shape index (κ2) is 6.94. The van der Waals surface area contributed by atoms with Gasteiger partial charge < -0.3 is 5.73 Å². The van der Waals surface area contributed by atoms with E-state index in [1.165, 1.54) is 28.4 Å². The Kier molecular flexibility index (Phi) is 4.86. The molecule has 2 heterocycles. The van der Waals surface area contributed by atoms with Crippen LogP contribution in [0.1, 0.15) is 18.9 Å². The van der Waals surface area contributed by atoms with Gasteiger partial charge in [-0.05, 0) is 30.7 Å². The Morgan fingerprint density at radius 3 is 2.46 bits per heavy atom. The topological polar surface area (TPSA) is 86.2 Å². The largest absolute Gasteiger partial charge is 0.416 e. The summed E-state index contributed by atoms with van der Waals surface area (Å²) >= 11 is 1.21. The number of amides is 1. The van der Waals surface area contributed by atoms with E-state index in [0.29, 0.717) is 28.5 Å². The maximum absolute atomic E-state index is 12.7. The average molecular weight is 381 g/mol. The SMILES string of the molecule is CC[C@@H](Sc1ccc2nnc(-c3ccc(C(F)(F)F)cc3)n2n1)C(N)=O. The number of nitrogens with two attached hydrogens (primary N) is 1. The molecule has 0 spiro atoms. The Bertz CT molecular complexity index is 939. The summed E-state index contributed by atoms with van der Waals surface area (Å²) in [7, 11) is 0. The van der Waals surface area contributed by atoms with Gasteiger partial charge in [-0.2, -0.15) is 22.8 Å². The molecule has 2 aromatic heterocycles. The molecule has 0 saturated carbocycles. The Morgan fingerprint density at radius 2 is 1.88 bits per heavy atom. The first-order valence-corrected chi connectivity index (χ1v) is 8.53. The van der Waals surface area contributed by atoms with Crippen LogP contribution < -0.4 is 5.73 Å². The summed E-state index contributed by atoms with van der Waals surface area (Å²) in [5.41, 5.74) is 5.49. The zero-order valence-corrected chi connectivity index (χ0v) is 14.4. The van der Waals surface area contributed by atoms with Crippen LogP contribution in [0.25, 0.3) is 17.0 Å². The minimum Gasteiger partial charge on any atom is -0.369 e. The number of carbonyl (C=O) groups excluding carboxylic acids is 1. The highest BCUT2D eigenvalue weighted by Crippen LogP contribution is 2.31. The van der Waals surface area contributed by atoms with Crippen LogP contribution in [0.5, 0.6) is 0 Å². The smallest absolute Gasteiger partial charge is 0.369 e. The molecule has 0 bridgehead atoms. The van der Waals surface area contributed by atoms with E-state index in [1.807, 2.05) is 6.92 Å². The maximum Gasteiger partial charge on any atom is 0.416 e. The lowest BCUT2D eigenvalue weighted by Crippen LogP contribution is -2.25. The molecule has 1 amide bonds. The van der Waals surface area contributed by atoms with E-state index in [0.717, 1.165) is 12.1 Å². The normalized spacial score (nSPS) is 13.1. The van der Waals surface area contributed by atoms with E-state index < -0.39 is 22.9 Å². The molecule has 0 unspecified atom stereocenters. The van der Waals surface area contributed by atoms with Gasteiger partial charge in [-0.15, -0.1) is 10.2 Å². The number of rotatable bonds is 5. The molecule has 6 nitrogen and oxygen atoms in total. The van der Waals surface area contributed by atoms with Crippen LogP contribution in [0.15, 0.2) is 41.4 Å². The summed E-state index contributed by atoms with van der Waals surface area (Å²) in [6.45, 7) is 1.84. The van der Waals surface area contributed by atoms with Crippen LogP contribution in [0, 0.1) is 0 Å². The van der Waals surface area contributed by atoms with Crippen molar-refractivity contribution in [3.05, 3.63) is 42.0 Å². The first kappa shape index (κ1) is 18.2. The van der Waals surface area contributed by atoms with Crippen molar-refractivity contribution in [2.24, 2.45) is 5.73 Å². The number of benzene rings is 1. The first-order valence-electron chi connectivity index (χ1n) is 7.65. The third kappa shape index (κ3) is 3.64. The first-order chi connectivity index (χ1) is 12.3. The molecule has 0 fully saturated rings. The number of primary amides is 1. The van der Waals surface area contributed by atoms with Gasteiger partial charge in [-0.25, -0.2) is 0 Å². The summed E-state index contributed by atoms with van der Waals surface area (Å²) < 4.78 is 39.5. The van der Waals surface area contributed by atoms with Crippen molar-refractivity contribution in [2.45, 2.75) is 29.8 Å². The third-order valence-electron chi connectivity index (χ3n) is 3.66. The average Bonchev–Trinajstić information content (AvgIpc) is 3.02. The van der Waals surface area contributed by atoms with Crippen LogP contribution in [0.2, 0.25) is 0 Å².